The predicted molar refractivity (Wildman–Crippen MR) is 142 cm³/mol. The van der Waals surface area contributed by atoms with Crippen molar-refractivity contribution in [3.05, 3.63) is 81.3 Å². The van der Waals surface area contributed by atoms with Crippen molar-refractivity contribution in [1.29, 1.82) is 0 Å². The number of rotatable bonds is 4. The number of H-pyrrole nitrogens is 1. The Labute approximate surface area is 212 Å². The third-order valence-corrected chi connectivity index (χ3v) is 4.53. The molecule has 0 aliphatic heterocycles. The molecule has 0 aliphatic rings. The highest BCUT2D eigenvalue weighted by Crippen LogP contribution is 2.21. The van der Waals surface area contributed by atoms with Crippen molar-refractivity contribution >= 4 is 46.5 Å². The highest BCUT2D eigenvalue weighted by Gasteiger charge is 2.15. The summed E-state index contributed by atoms with van der Waals surface area (Å²) in [6.45, 7) is 7.41. The van der Waals surface area contributed by atoms with Crippen LogP contribution in [0.4, 0.5) is 8.78 Å². The number of hydrogen-bond acceptors (Lipinski definition) is 6. The van der Waals surface area contributed by atoms with Crippen LogP contribution in [0.5, 0.6) is 0 Å². The molecular weight excluding hydrogens is 579 g/mol. The van der Waals surface area contributed by atoms with Gasteiger partial charge in [0.1, 0.15) is 17.3 Å². The molecule has 1 N–H and O–H groups in total. The van der Waals surface area contributed by atoms with Gasteiger partial charge in [-0.3, -0.25) is 4.79 Å². The summed E-state index contributed by atoms with van der Waals surface area (Å²) < 4.78 is 30.0. The Morgan fingerprint density at radius 1 is 1.18 bits per heavy atom. The monoisotopic (exact) mass is 603 g/mol. The van der Waals surface area contributed by atoms with Gasteiger partial charge in [-0.2, -0.15) is 0 Å². The summed E-state index contributed by atoms with van der Waals surface area (Å²) in [6, 6.07) is 3.78. The molecule has 176 valence electrons. The molecule has 0 radical (unpaired) electrons. The molecule has 3 aromatic heterocycles. The number of aromatic nitrogens is 5. The van der Waals surface area contributed by atoms with Crippen molar-refractivity contribution in [2.24, 2.45) is 0 Å². The third-order valence-electron chi connectivity index (χ3n) is 4.53. The number of nitrogens with zero attached hydrogens (tertiary/aromatic N) is 4. The van der Waals surface area contributed by atoms with Gasteiger partial charge in [-0.25, -0.2) is 23.7 Å². The Balaban J connectivity index is 0.000000714. The number of aromatic amines is 1. The minimum absolute atomic E-state index is 0.0507. The number of hydrogen-bond donors (Lipinski definition) is 2. The van der Waals surface area contributed by atoms with Crippen LogP contribution in [0.25, 0.3) is 17.2 Å². The average Bonchev–Trinajstić information content (AvgIpc) is 3.28. The molecule has 0 unspecified atom stereocenters. The molecule has 0 atom stereocenters. The topological polar surface area (TPSA) is 75.9 Å². The fraction of sp³-hybridized carbons (Fsp3) is 0.273. The minimum Gasteiger partial charge on any atom is -0.305 e. The molecule has 11 heteroatoms. The average molecular weight is 604 g/mol. The van der Waals surface area contributed by atoms with Crippen LogP contribution in [0.2, 0.25) is 0 Å². The van der Waals surface area contributed by atoms with Gasteiger partial charge in [0.25, 0.3) is 5.56 Å². The van der Waals surface area contributed by atoms with E-state index >= 15 is 0 Å². The van der Waals surface area contributed by atoms with E-state index < -0.39 is 11.6 Å². The van der Waals surface area contributed by atoms with Crippen molar-refractivity contribution in [2.45, 2.75) is 40.5 Å². The normalized spacial score (nSPS) is 10.3. The van der Waals surface area contributed by atoms with E-state index in [9.17, 15) is 13.6 Å². The van der Waals surface area contributed by atoms with E-state index in [0.29, 0.717) is 35.0 Å². The van der Waals surface area contributed by atoms with Crippen LogP contribution < -0.4 is 5.56 Å². The van der Waals surface area contributed by atoms with Crippen LogP contribution in [0, 0.1) is 18.6 Å². The first-order chi connectivity index (χ1) is 15.9. The molecule has 0 fully saturated rings. The first-order valence-electron chi connectivity index (χ1n) is 10.2. The van der Waals surface area contributed by atoms with E-state index in [-0.39, 0.29) is 23.1 Å². The lowest BCUT2D eigenvalue weighted by molar-refractivity contribution is 0.581. The molecule has 1 aromatic carbocycles. The first-order valence-corrected chi connectivity index (χ1v) is 14.6. The summed E-state index contributed by atoms with van der Waals surface area (Å²) in [5, 5.41) is 0. The standard InChI is InChI=1S/C20H17F2N5O.C2H6.HIS2/c1-3-13-9-18(28)26-19(24-13)17-10-27-5-4-23-20(27)16(25-17)8-12-7-14(21)11(2)6-15(12)22;1-2;1-3-2/h4-7,9-10H,3,8H2,1-2H3,(H,24,26,28);1-2H3;2H. The Hall–Kier alpha value is -1.99. The van der Waals surface area contributed by atoms with E-state index in [4.69, 9.17) is 0 Å². The number of halogens is 3. The zero-order valence-electron chi connectivity index (χ0n) is 18.6. The fourth-order valence-electron chi connectivity index (χ4n) is 3.04. The summed E-state index contributed by atoms with van der Waals surface area (Å²) in [5.74, 6) is -0.666. The minimum atomic E-state index is -0.504. The first kappa shape index (κ1) is 27.3. The zero-order chi connectivity index (χ0) is 24.5. The highest BCUT2D eigenvalue weighted by atomic mass is 127. The van der Waals surface area contributed by atoms with Crippen LogP contribution in [-0.4, -0.2) is 24.3 Å². The van der Waals surface area contributed by atoms with Gasteiger partial charge in [-0.1, -0.05) is 20.8 Å². The molecule has 33 heavy (non-hydrogen) atoms. The lowest BCUT2D eigenvalue weighted by Gasteiger charge is -2.09. The number of imidazole rings is 1. The molecule has 4 rings (SSSR count). The van der Waals surface area contributed by atoms with Gasteiger partial charge in [-0.05, 0) is 44.6 Å². The van der Waals surface area contributed by atoms with Crippen molar-refractivity contribution in [2.75, 3.05) is 0 Å². The Morgan fingerprint density at radius 2 is 1.88 bits per heavy atom. The maximum atomic E-state index is 14.3. The van der Waals surface area contributed by atoms with Gasteiger partial charge in [0.2, 0.25) is 0 Å². The largest absolute Gasteiger partial charge is 0.305 e. The third kappa shape index (κ3) is 7.00. The van der Waals surface area contributed by atoms with Gasteiger partial charge in [0.15, 0.2) is 11.5 Å². The SMILES string of the molecule is CC.CCc1cc(=O)[nH]c(-c2cn3ccnc3c(Cc3cc(F)c(C)cc3F)n2)n1.SSI. The van der Waals surface area contributed by atoms with Crippen LogP contribution in [-0.2, 0) is 12.8 Å². The Kier molecular flexibility index (Phi) is 10.8. The molecule has 6 nitrogen and oxygen atoms in total. The quantitative estimate of drug-likeness (QED) is 0.166. The van der Waals surface area contributed by atoms with Gasteiger partial charge in [0, 0.05) is 58.0 Å². The summed E-state index contributed by atoms with van der Waals surface area (Å²) in [4.78, 5) is 27.8. The van der Waals surface area contributed by atoms with Crippen LogP contribution in [0.1, 0.15) is 43.3 Å². The van der Waals surface area contributed by atoms with E-state index in [1.165, 1.54) is 33.1 Å². The maximum absolute atomic E-state index is 14.3. The summed E-state index contributed by atoms with van der Waals surface area (Å²) in [6.07, 6.45) is 5.66. The molecule has 0 aliphatic carbocycles. The van der Waals surface area contributed by atoms with Crippen molar-refractivity contribution < 1.29 is 8.78 Å². The number of nitrogens with one attached hydrogen (secondary N) is 1. The van der Waals surface area contributed by atoms with Gasteiger partial charge in [-0.15, -0.1) is 11.7 Å². The maximum Gasteiger partial charge on any atom is 0.251 e. The second kappa shape index (κ2) is 13.0. The molecular formula is C22H24F2IN5OS2. The molecule has 0 spiro atoms. The van der Waals surface area contributed by atoms with E-state index in [0.717, 1.165) is 0 Å². The number of fused-ring (bicyclic) bond motifs is 1. The smallest absolute Gasteiger partial charge is 0.251 e. The van der Waals surface area contributed by atoms with Crippen molar-refractivity contribution in [1.82, 2.24) is 24.3 Å². The van der Waals surface area contributed by atoms with Crippen LogP contribution >= 0.6 is 40.8 Å². The van der Waals surface area contributed by atoms with Gasteiger partial charge < -0.3 is 9.38 Å². The van der Waals surface area contributed by atoms with Crippen molar-refractivity contribution in [3.8, 4) is 11.5 Å². The number of thiol groups is 1. The lowest BCUT2D eigenvalue weighted by Crippen LogP contribution is -2.12. The molecule has 3 heterocycles. The van der Waals surface area contributed by atoms with Crippen LogP contribution in [0.15, 0.2) is 41.6 Å². The molecule has 4 aromatic rings. The second-order valence-corrected chi connectivity index (χ2v) is 10.7. The Bertz CT molecular complexity index is 1280. The molecule has 0 amide bonds. The fourth-order valence-corrected chi connectivity index (χ4v) is 3.04. The number of aryl methyl sites for hydroxylation is 2. The van der Waals surface area contributed by atoms with E-state index in [1.807, 2.05) is 20.8 Å². The van der Waals surface area contributed by atoms with Crippen LogP contribution in [0.3, 0.4) is 0 Å². The number of benzene rings is 1. The zero-order valence-corrected chi connectivity index (χ0v) is 22.4. The summed E-state index contributed by atoms with van der Waals surface area (Å²) in [7, 11) is 1.41. The molecule has 0 bridgehead atoms. The molecule has 0 saturated heterocycles. The Morgan fingerprint density at radius 3 is 2.55 bits per heavy atom. The second-order valence-electron chi connectivity index (χ2n) is 6.61. The van der Waals surface area contributed by atoms with Gasteiger partial charge in [0.05, 0.1) is 5.69 Å². The van der Waals surface area contributed by atoms with Crippen molar-refractivity contribution in [3.63, 3.8) is 0 Å². The van der Waals surface area contributed by atoms with Gasteiger partial charge >= 0.3 is 0 Å². The summed E-state index contributed by atoms with van der Waals surface area (Å²) in [5.41, 5.74) is 2.18. The highest BCUT2D eigenvalue weighted by molar-refractivity contribution is 14.2. The van der Waals surface area contributed by atoms with E-state index in [1.54, 1.807) is 23.0 Å². The van der Waals surface area contributed by atoms with E-state index in [2.05, 4.69) is 52.8 Å². The molecule has 0 saturated carbocycles. The lowest BCUT2D eigenvalue weighted by atomic mass is 10.1. The summed E-state index contributed by atoms with van der Waals surface area (Å²) >= 11 is 5.76. The predicted octanol–water partition coefficient (Wildman–Crippen LogP) is 6.16.